The number of H-pyrrole nitrogens is 1. The summed E-state index contributed by atoms with van der Waals surface area (Å²) in [6.45, 7) is 0. The van der Waals surface area contributed by atoms with E-state index >= 15 is 0 Å². The average Bonchev–Trinajstić information content (AvgIpc) is 2.56. The molecule has 112 valence electrons. The topological polar surface area (TPSA) is 71.5 Å². The van der Waals surface area contributed by atoms with Crippen molar-refractivity contribution in [2.75, 3.05) is 14.2 Å². The molecule has 0 atom stereocenters. The fourth-order valence-electron chi connectivity index (χ4n) is 2.44. The maximum absolute atomic E-state index is 11.9. The summed E-state index contributed by atoms with van der Waals surface area (Å²) in [5.74, 6) is 1.04. The van der Waals surface area contributed by atoms with Gasteiger partial charge in [0.05, 0.1) is 14.2 Å². The Morgan fingerprint density at radius 3 is 2.23 bits per heavy atom. The lowest BCUT2D eigenvalue weighted by atomic mass is 10.00. The Hall–Kier alpha value is -2.95. The van der Waals surface area contributed by atoms with Crippen LogP contribution in [0.25, 0.3) is 22.0 Å². The third kappa shape index (κ3) is 2.26. The molecule has 5 nitrogen and oxygen atoms in total. The fourth-order valence-corrected chi connectivity index (χ4v) is 2.44. The van der Waals surface area contributed by atoms with Crippen LogP contribution in [0.1, 0.15) is 0 Å². The van der Waals surface area contributed by atoms with Gasteiger partial charge in [0, 0.05) is 16.5 Å². The molecule has 1 heterocycles. The summed E-state index contributed by atoms with van der Waals surface area (Å²) in [5, 5.41) is 10.9. The lowest BCUT2D eigenvalue weighted by molar-refractivity contribution is 0.414. The summed E-state index contributed by atoms with van der Waals surface area (Å²) in [6, 6.07) is 12.4. The molecule has 0 radical (unpaired) electrons. The highest BCUT2D eigenvalue weighted by molar-refractivity contribution is 5.98. The molecule has 0 aliphatic heterocycles. The van der Waals surface area contributed by atoms with Crippen LogP contribution in [0.5, 0.6) is 17.2 Å². The van der Waals surface area contributed by atoms with Crippen molar-refractivity contribution in [3.63, 3.8) is 0 Å². The first kappa shape index (κ1) is 14.0. The smallest absolute Gasteiger partial charge is 0.291 e. The predicted octanol–water partition coefficient (Wildman–Crippen LogP) is 2.92. The van der Waals surface area contributed by atoms with Crippen LogP contribution in [0.3, 0.4) is 0 Å². The highest BCUT2D eigenvalue weighted by Crippen LogP contribution is 2.35. The Morgan fingerprint density at radius 1 is 0.955 bits per heavy atom. The van der Waals surface area contributed by atoms with Gasteiger partial charge in [-0.3, -0.25) is 4.79 Å². The molecule has 0 bridgehead atoms. The molecule has 0 amide bonds. The number of hydrogen-bond donors (Lipinski definition) is 2. The predicted molar refractivity (Wildman–Crippen MR) is 84.8 cm³/mol. The number of aromatic hydroxyl groups is 1. The molecule has 2 N–H and O–H groups in total. The van der Waals surface area contributed by atoms with Gasteiger partial charge in [-0.25, -0.2) is 0 Å². The van der Waals surface area contributed by atoms with Gasteiger partial charge in [0.1, 0.15) is 11.5 Å². The minimum absolute atomic E-state index is 0.314. The van der Waals surface area contributed by atoms with E-state index in [1.165, 1.54) is 0 Å². The van der Waals surface area contributed by atoms with Crippen LogP contribution in [0.15, 0.2) is 47.3 Å². The van der Waals surface area contributed by atoms with Gasteiger partial charge in [-0.2, -0.15) is 0 Å². The van der Waals surface area contributed by atoms with E-state index in [1.54, 1.807) is 56.7 Å². The van der Waals surface area contributed by atoms with E-state index in [4.69, 9.17) is 9.47 Å². The summed E-state index contributed by atoms with van der Waals surface area (Å²) in [7, 11) is 3.15. The van der Waals surface area contributed by atoms with Crippen molar-refractivity contribution in [2.24, 2.45) is 0 Å². The molecule has 0 fully saturated rings. The van der Waals surface area contributed by atoms with Gasteiger partial charge < -0.3 is 19.6 Å². The van der Waals surface area contributed by atoms with E-state index in [0.29, 0.717) is 28.0 Å². The van der Waals surface area contributed by atoms with Crippen LogP contribution in [-0.4, -0.2) is 24.3 Å². The van der Waals surface area contributed by atoms with E-state index < -0.39 is 5.56 Å². The Labute approximate surface area is 126 Å². The maximum Gasteiger partial charge on any atom is 0.291 e. The number of pyridine rings is 1. The number of hydrogen-bond acceptors (Lipinski definition) is 4. The normalized spacial score (nSPS) is 10.6. The third-order valence-corrected chi connectivity index (χ3v) is 3.57. The summed E-state index contributed by atoms with van der Waals surface area (Å²) in [6.07, 6.45) is 0. The zero-order chi connectivity index (χ0) is 15.7. The summed E-state index contributed by atoms with van der Waals surface area (Å²) >= 11 is 0. The molecule has 0 aliphatic carbocycles. The summed E-state index contributed by atoms with van der Waals surface area (Å²) in [4.78, 5) is 14.6. The Morgan fingerprint density at radius 2 is 1.59 bits per heavy atom. The number of rotatable bonds is 3. The van der Waals surface area contributed by atoms with Crippen LogP contribution < -0.4 is 15.0 Å². The fraction of sp³-hybridized carbons (Fsp3) is 0.118. The molecule has 22 heavy (non-hydrogen) atoms. The average molecular weight is 297 g/mol. The number of aromatic nitrogens is 1. The second-order valence-corrected chi connectivity index (χ2v) is 4.82. The van der Waals surface area contributed by atoms with Crippen LogP contribution in [0.2, 0.25) is 0 Å². The molecule has 0 saturated heterocycles. The third-order valence-electron chi connectivity index (χ3n) is 3.57. The first-order valence-corrected chi connectivity index (χ1v) is 6.71. The van der Waals surface area contributed by atoms with Gasteiger partial charge >= 0.3 is 0 Å². The minimum atomic E-state index is -0.525. The molecule has 1 aromatic heterocycles. The molecular weight excluding hydrogens is 282 g/mol. The maximum atomic E-state index is 11.9. The summed E-state index contributed by atoms with van der Waals surface area (Å²) < 4.78 is 10.4. The van der Waals surface area contributed by atoms with Gasteiger partial charge in [-0.15, -0.1) is 0 Å². The van der Waals surface area contributed by atoms with Crippen molar-refractivity contribution in [1.82, 2.24) is 4.98 Å². The number of ether oxygens (including phenoxy) is 2. The molecule has 5 heteroatoms. The van der Waals surface area contributed by atoms with Crippen molar-refractivity contribution in [3.05, 3.63) is 52.8 Å². The van der Waals surface area contributed by atoms with Gasteiger partial charge in [0.15, 0.2) is 5.75 Å². The lowest BCUT2D eigenvalue weighted by Gasteiger charge is -2.11. The number of aromatic amines is 1. The number of fused-ring (bicyclic) bond motifs is 1. The van der Waals surface area contributed by atoms with E-state index in [2.05, 4.69) is 4.98 Å². The standard InChI is InChI=1S/C17H15NO4/c1-21-11-5-3-10(4-6-11)15-13-9-12(22-2)7-8-14(13)18-17(20)16(15)19/h3-9,19H,1-2H3,(H,18,20). The molecule has 3 aromatic rings. The number of benzene rings is 2. The van der Waals surface area contributed by atoms with E-state index in [0.717, 1.165) is 5.56 Å². The quantitative estimate of drug-likeness (QED) is 0.779. The van der Waals surface area contributed by atoms with Crippen LogP contribution in [0.4, 0.5) is 0 Å². The molecule has 0 spiro atoms. The Balaban J connectivity index is 2.33. The number of methoxy groups -OCH3 is 2. The van der Waals surface area contributed by atoms with Crippen molar-refractivity contribution < 1.29 is 14.6 Å². The molecule has 0 aliphatic rings. The minimum Gasteiger partial charge on any atom is -0.503 e. The van der Waals surface area contributed by atoms with Crippen molar-refractivity contribution in [2.45, 2.75) is 0 Å². The zero-order valence-corrected chi connectivity index (χ0v) is 12.2. The van der Waals surface area contributed by atoms with Crippen LogP contribution in [0, 0.1) is 0 Å². The monoisotopic (exact) mass is 297 g/mol. The SMILES string of the molecule is COc1ccc(-c2c(O)c(=O)[nH]c3ccc(OC)cc23)cc1. The van der Waals surface area contributed by atoms with Gasteiger partial charge in [-0.1, -0.05) is 12.1 Å². The Bertz CT molecular complexity index is 882. The Kier molecular flexibility index (Phi) is 3.47. The molecule has 2 aromatic carbocycles. The second-order valence-electron chi connectivity index (χ2n) is 4.82. The summed E-state index contributed by atoms with van der Waals surface area (Å²) in [5.41, 5.74) is 1.31. The van der Waals surface area contributed by atoms with E-state index in [-0.39, 0.29) is 5.75 Å². The highest BCUT2D eigenvalue weighted by atomic mass is 16.5. The van der Waals surface area contributed by atoms with E-state index in [1.807, 2.05) is 0 Å². The largest absolute Gasteiger partial charge is 0.503 e. The first-order chi connectivity index (χ1) is 10.6. The zero-order valence-electron chi connectivity index (χ0n) is 12.2. The molecule has 0 unspecified atom stereocenters. The van der Waals surface area contributed by atoms with Gasteiger partial charge in [0.25, 0.3) is 5.56 Å². The molecule has 3 rings (SSSR count). The van der Waals surface area contributed by atoms with E-state index in [9.17, 15) is 9.90 Å². The molecule has 0 saturated carbocycles. The molecular formula is C17H15NO4. The van der Waals surface area contributed by atoms with Gasteiger partial charge in [-0.05, 0) is 35.9 Å². The number of nitrogens with one attached hydrogen (secondary N) is 1. The van der Waals surface area contributed by atoms with Crippen molar-refractivity contribution in [3.8, 4) is 28.4 Å². The van der Waals surface area contributed by atoms with Crippen LogP contribution in [-0.2, 0) is 0 Å². The second kappa shape index (κ2) is 5.44. The van der Waals surface area contributed by atoms with Gasteiger partial charge in [0.2, 0.25) is 0 Å². The highest BCUT2D eigenvalue weighted by Gasteiger charge is 2.14. The van der Waals surface area contributed by atoms with Crippen LogP contribution >= 0.6 is 0 Å². The lowest BCUT2D eigenvalue weighted by Crippen LogP contribution is -2.06. The first-order valence-electron chi connectivity index (χ1n) is 6.71. The van der Waals surface area contributed by atoms with Crippen molar-refractivity contribution in [1.29, 1.82) is 0 Å². The van der Waals surface area contributed by atoms with Crippen molar-refractivity contribution >= 4 is 10.9 Å².